The lowest BCUT2D eigenvalue weighted by Crippen LogP contribution is -2.25. The number of carboxylic acid groups (broad SMARTS) is 1. The number of anilines is 1. The van der Waals surface area contributed by atoms with Gasteiger partial charge >= 0.3 is 5.97 Å². The number of nitrogen functional groups attached to an aromatic ring is 1. The number of aliphatic carboxylic acids is 1. The van der Waals surface area contributed by atoms with Crippen LogP contribution in [0.25, 0.3) is 0 Å². The zero-order valence-corrected chi connectivity index (χ0v) is 9.83. The number of rotatable bonds is 5. The third-order valence-electron chi connectivity index (χ3n) is 2.09. The normalized spacial score (nSPS) is 9.94. The summed E-state index contributed by atoms with van der Waals surface area (Å²) in [4.78, 5) is 21.9. The monoisotopic (exact) mass is 256 g/mol. The number of carbonyl (C=O) groups is 2. The third-order valence-corrected chi connectivity index (χ3v) is 2.40. The van der Waals surface area contributed by atoms with Crippen molar-refractivity contribution in [1.82, 2.24) is 5.32 Å². The van der Waals surface area contributed by atoms with Crippen LogP contribution < -0.4 is 11.1 Å². The van der Waals surface area contributed by atoms with E-state index in [1.54, 1.807) is 6.07 Å². The number of hydrogen-bond donors (Lipinski definition) is 3. The van der Waals surface area contributed by atoms with Crippen LogP contribution in [0.2, 0.25) is 5.02 Å². The van der Waals surface area contributed by atoms with Gasteiger partial charge in [0.1, 0.15) is 0 Å². The van der Waals surface area contributed by atoms with Gasteiger partial charge in [-0.3, -0.25) is 9.59 Å². The Morgan fingerprint density at radius 2 is 2.12 bits per heavy atom. The summed E-state index contributed by atoms with van der Waals surface area (Å²) < 4.78 is 0. The number of hydrogen-bond acceptors (Lipinski definition) is 3. The zero-order chi connectivity index (χ0) is 12.8. The van der Waals surface area contributed by atoms with E-state index < -0.39 is 5.97 Å². The van der Waals surface area contributed by atoms with Gasteiger partial charge in [0.05, 0.1) is 10.6 Å². The maximum atomic E-state index is 11.6. The molecule has 1 rings (SSSR count). The number of carbonyl (C=O) groups excluding carboxylic acids is 1. The Morgan fingerprint density at radius 1 is 1.41 bits per heavy atom. The van der Waals surface area contributed by atoms with Crippen LogP contribution in [0.5, 0.6) is 0 Å². The highest BCUT2D eigenvalue weighted by Gasteiger charge is 2.09. The summed E-state index contributed by atoms with van der Waals surface area (Å²) in [5, 5.41) is 11.3. The van der Waals surface area contributed by atoms with Gasteiger partial charge in [-0.25, -0.2) is 0 Å². The van der Waals surface area contributed by atoms with Crippen LogP contribution in [0.4, 0.5) is 5.69 Å². The largest absolute Gasteiger partial charge is 0.481 e. The first-order valence-electron chi connectivity index (χ1n) is 5.05. The molecular weight excluding hydrogens is 244 g/mol. The number of amides is 1. The Hall–Kier alpha value is -1.75. The van der Waals surface area contributed by atoms with Crippen molar-refractivity contribution in [2.24, 2.45) is 0 Å². The SMILES string of the molecule is Nc1ccc(C(=O)NCCCC(=O)O)c(Cl)c1. The number of nitrogens with one attached hydrogen (secondary N) is 1. The van der Waals surface area contributed by atoms with E-state index in [9.17, 15) is 9.59 Å². The Morgan fingerprint density at radius 3 is 2.71 bits per heavy atom. The molecule has 17 heavy (non-hydrogen) atoms. The molecule has 6 heteroatoms. The molecule has 0 saturated carbocycles. The highest BCUT2D eigenvalue weighted by atomic mass is 35.5. The van der Waals surface area contributed by atoms with E-state index in [1.165, 1.54) is 12.1 Å². The Bertz CT molecular complexity index is 435. The molecule has 0 heterocycles. The van der Waals surface area contributed by atoms with Crippen molar-refractivity contribution >= 4 is 29.2 Å². The lowest BCUT2D eigenvalue weighted by molar-refractivity contribution is -0.137. The predicted octanol–water partition coefficient (Wildman–Crippen LogP) is 1.52. The molecule has 0 aliphatic rings. The molecule has 0 aromatic heterocycles. The minimum atomic E-state index is -0.884. The number of halogens is 1. The van der Waals surface area contributed by atoms with Gasteiger partial charge in [-0.05, 0) is 24.6 Å². The predicted molar refractivity (Wildman–Crippen MR) is 65.1 cm³/mol. The van der Waals surface area contributed by atoms with E-state index in [0.717, 1.165) is 0 Å². The lowest BCUT2D eigenvalue weighted by Gasteiger charge is -2.06. The first-order chi connectivity index (χ1) is 8.00. The van der Waals surface area contributed by atoms with Crippen LogP contribution >= 0.6 is 11.6 Å². The molecule has 0 atom stereocenters. The quantitative estimate of drug-likeness (QED) is 0.550. The fraction of sp³-hybridized carbons (Fsp3) is 0.273. The fourth-order valence-corrected chi connectivity index (χ4v) is 1.53. The minimum Gasteiger partial charge on any atom is -0.481 e. The Labute approximate surface area is 104 Å². The summed E-state index contributed by atoms with van der Waals surface area (Å²) in [7, 11) is 0. The molecule has 1 amide bonds. The van der Waals surface area contributed by atoms with E-state index in [0.29, 0.717) is 24.2 Å². The van der Waals surface area contributed by atoms with Crippen LogP contribution in [-0.4, -0.2) is 23.5 Å². The topological polar surface area (TPSA) is 92.4 Å². The second-order valence-electron chi connectivity index (χ2n) is 3.49. The summed E-state index contributed by atoms with van der Waals surface area (Å²) in [5.74, 6) is -1.22. The Balaban J connectivity index is 2.50. The average molecular weight is 257 g/mol. The molecule has 0 fully saturated rings. The smallest absolute Gasteiger partial charge is 0.303 e. The molecular formula is C11H13ClN2O3. The van der Waals surface area contributed by atoms with Gasteiger partial charge in [-0.1, -0.05) is 11.6 Å². The summed E-state index contributed by atoms with van der Waals surface area (Å²) in [6.45, 7) is 0.297. The van der Waals surface area contributed by atoms with Gasteiger partial charge in [0.2, 0.25) is 0 Å². The van der Waals surface area contributed by atoms with E-state index >= 15 is 0 Å². The molecule has 92 valence electrons. The second kappa shape index (κ2) is 6.10. The van der Waals surface area contributed by atoms with E-state index in [2.05, 4.69) is 5.32 Å². The maximum absolute atomic E-state index is 11.6. The van der Waals surface area contributed by atoms with Crippen molar-refractivity contribution < 1.29 is 14.7 Å². The summed E-state index contributed by atoms with van der Waals surface area (Å²) in [5.41, 5.74) is 6.31. The second-order valence-corrected chi connectivity index (χ2v) is 3.90. The van der Waals surface area contributed by atoms with Crippen LogP contribution in [0, 0.1) is 0 Å². The van der Waals surface area contributed by atoms with Crippen LogP contribution in [0.15, 0.2) is 18.2 Å². The van der Waals surface area contributed by atoms with Gasteiger partial charge in [-0.2, -0.15) is 0 Å². The molecule has 0 radical (unpaired) electrons. The molecule has 0 aliphatic heterocycles. The van der Waals surface area contributed by atoms with Crippen LogP contribution in [0.1, 0.15) is 23.2 Å². The van der Waals surface area contributed by atoms with Gasteiger partial charge in [-0.15, -0.1) is 0 Å². The molecule has 0 bridgehead atoms. The van der Waals surface area contributed by atoms with Crippen molar-refractivity contribution in [1.29, 1.82) is 0 Å². The lowest BCUT2D eigenvalue weighted by atomic mass is 10.2. The Kier molecular flexibility index (Phi) is 4.78. The van der Waals surface area contributed by atoms with Gasteiger partial charge in [0.25, 0.3) is 5.91 Å². The van der Waals surface area contributed by atoms with Crippen molar-refractivity contribution in [3.63, 3.8) is 0 Å². The first-order valence-corrected chi connectivity index (χ1v) is 5.43. The van der Waals surface area contributed by atoms with E-state index in [-0.39, 0.29) is 17.4 Å². The van der Waals surface area contributed by atoms with Crippen LogP contribution in [-0.2, 0) is 4.79 Å². The average Bonchev–Trinajstić information content (AvgIpc) is 2.23. The van der Waals surface area contributed by atoms with E-state index in [1.807, 2.05) is 0 Å². The fourth-order valence-electron chi connectivity index (χ4n) is 1.25. The van der Waals surface area contributed by atoms with Crippen molar-refractivity contribution in [3.8, 4) is 0 Å². The highest BCUT2D eigenvalue weighted by molar-refractivity contribution is 6.34. The zero-order valence-electron chi connectivity index (χ0n) is 9.07. The molecule has 0 aliphatic carbocycles. The number of carboxylic acids is 1. The summed E-state index contributed by atoms with van der Waals surface area (Å²) >= 11 is 5.85. The molecule has 0 unspecified atom stereocenters. The molecule has 4 N–H and O–H groups in total. The van der Waals surface area contributed by atoms with Crippen LogP contribution in [0.3, 0.4) is 0 Å². The molecule has 1 aromatic carbocycles. The molecule has 0 spiro atoms. The van der Waals surface area contributed by atoms with Crippen molar-refractivity contribution in [2.45, 2.75) is 12.8 Å². The van der Waals surface area contributed by atoms with E-state index in [4.69, 9.17) is 22.4 Å². The molecule has 1 aromatic rings. The summed E-state index contributed by atoms with van der Waals surface area (Å²) in [6.07, 6.45) is 0.406. The highest BCUT2D eigenvalue weighted by Crippen LogP contribution is 2.18. The van der Waals surface area contributed by atoms with Gasteiger partial charge in [0.15, 0.2) is 0 Å². The maximum Gasteiger partial charge on any atom is 0.303 e. The van der Waals surface area contributed by atoms with Crippen molar-refractivity contribution in [3.05, 3.63) is 28.8 Å². The summed E-state index contributed by atoms with van der Waals surface area (Å²) in [6, 6.07) is 4.61. The standard InChI is InChI=1S/C11H13ClN2O3/c12-9-6-7(13)3-4-8(9)11(17)14-5-1-2-10(15)16/h3-4,6H,1-2,5,13H2,(H,14,17)(H,15,16). The molecule has 5 nitrogen and oxygen atoms in total. The third kappa shape index (κ3) is 4.32. The number of benzene rings is 1. The first kappa shape index (κ1) is 13.3. The number of nitrogens with two attached hydrogens (primary N) is 1. The minimum absolute atomic E-state index is 0.0236. The van der Waals surface area contributed by atoms with Gasteiger partial charge in [0, 0.05) is 18.7 Å². The van der Waals surface area contributed by atoms with Crippen molar-refractivity contribution in [2.75, 3.05) is 12.3 Å². The molecule has 0 saturated heterocycles. The van der Waals surface area contributed by atoms with Gasteiger partial charge < -0.3 is 16.2 Å².